The molecular formula is C27H24ClN3O3. The molecule has 1 aliphatic rings. The Balaban J connectivity index is 1.13. The van der Waals surface area contributed by atoms with Crippen LogP contribution in [0.5, 0.6) is 5.75 Å². The maximum Gasteiger partial charge on any atom is 0.260 e. The molecule has 34 heavy (non-hydrogen) atoms. The smallest absolute Gasteiger partial charge is 0.260 e. The third-order valence-corrected chi connectivity index (χ3v) is 6.61. The van der Waals surface area contributed by atoms with Crippen LogP contribution in [-0.4, -0.2) is 46.3 Å². The number of nitrogens with zero attached hydrogens (tertiary/aromatic N) is 2. The number of nitrogens with one attached hydrogen (secondary N) is 1. The SMILES string of the molecule is O=C(c1ccc(Cl)cc1)c1ccc(OCC(=O)N2CCC(c3c[nH]c4ncccc34)CC2)cc1. The minimum absolute atomic E-state index is 0.0217. The van der Waals surface area contributed by atoms with Gasteiger partial charge in [0, 0.05) is 47.0 Å². The van der Waals surface area contributed by atoms with Gasteiger partial charge in [-0.25, -0.2) is 4.98 Å². The zero-order chi connectivity index (χ0) is 23.5. The third-order valence-electron chi connectivity index (χ3n) is 6.36. The van der Waals surface area contributed by atoms with Crippen LogP contribution in [0.4, 0.5) is 0 Å². The summed E-state index contributed by atoms with van der Waals surface area (Å²) in [5.41, 5.74) is 3.31. The molecule has 6 nitrogen and oxygen atoms in total. The van der Waals surface area contributed by atoms with Crippen molar-refractivity contribution < 1.29 is 14.3 Å². The van der Waals surface area contributed by atoms with Crippen LogP contribution in [0.3, 0.4) is 0 Å². The Hall–Kier alpha value is -3.64. The molecule has 1 aliphatic heterocycles. The number of carbonyl (C=O) groups excluding carboxylic acids is 2. The molecule has 0 saturated carbocycles. The minimum atomic E-state index is -0.0897. The van der Waals surface area contributed by atoms with Crippen LogP contribution in [0, 0.1) is 0 Å². The summed E-state index contributed by atoms with van der Waals surface area (Å²) < 4.78 is 5.70. The predicted molar refractivity (Wildman–Crippen MR) is 131 cm³/mol. The number of benzene rings is 2. The number of pyridine rings is 1. The van der Waals surface area contributed by atoms with E-state index < -0.39 is 0 Å². The Labute approximate surface area is 202 Å². The van der Waals surface area contributed by atoms with Gasteiger partial charge >= 0.3 is 0 Å². The highest BCUT2D eigenvalue weighted by Gasteiger charge is 2.25. The van der Waals surface area contributed by atoms with Crippen LogP contribution in [-0.2, 0) is 4.79 Å². The molecule has 4 aromatic rings. The number of aromatic nitrogens is 2. The highest BCUT2D eigenvalue weighted by Crippen LogP contribution is 2.32. The van der Waals surface area contributed by atoms with Gasteiger partial charge in [-0.2, -0.15) is 0 Å². The van der Waals surface area contributed by atoms with E-state index in [1.807, 2.05) is 17.2 Å². The van der Waals surface area contributed by atoms with Crippen molar-refractivity contribution in [2.45, 2.75) is 18.8 Å². The summed E-state index contributed by atoms with van der Waals surface area (Å²) >= 11 is 5.89. The number of hydrogen-bond acceptors (Lipinski definition) is 4. The Bertz CT molecular complexity index is 1310. The van der Waals surface area contributed by atoms with Gasteiger partial charge in [0.15, 0.2) is 12.4 Å². The lowest BCUT2D eigenvalue weighted by Gasteiger charge is -2.32. The van der Waals surface area contributed by atoms with Gasteiger partial charge in [-0.1, -0.05) is 11.6 Å². The van der Waals surface area contributed by atoms with Gasteiger partial charge in [0.1, 0.15) is 11.4 Å². The van der Waals surface area contributed by atoms with Crippen LogP contribution in [0.1, 0.15) is 40.2 Å². The van der Waals surface area contributed by atoms with Gasteiger partial charge in [-0.15, -0.1) is 0 Å². The number of fused-ring (bicyclic) bond motifs is 1. The lowest BCUT2D eigenvalue weighted by molar-refractivity contribution is -0.134. The van der Waals surface area contributed by atoms with Crippen molar-refractivity contribution in [2.24, 2.45) is 0 Å². The second-order valence-electron chi connectivity index (χ2n) is 8.45. The number of aromatic amines is 1. The van der Waals surface area contributed by atoms with Gasteiger partial charge in [-0.3, -0.25) is 9.59 Å². The summed E-state index contributed by atoms with van der Waals surface area (Å²) in [5.74, 6) is 0.851. The van der Waals surface area contributed by atoms with Crippen LogP contribution in [0.15, 0.2) is 73.1 Å². The van der Waals surface area contributed by atoms with Crippen molar-refractivity contribution in [2.75, 3.05) is 19.7 Å². The number of ether oxygens (including phenoxy) is 1. The third kappa shape index (κ3) is 4.68. The molecule has 0 atom stereocenters. The molecule has 1 fully saturated rings. The number of carbonyl (C=O) groups is 2. The first-order valence-corrected chi connectivity index (χ1v) is 11.7. The number of piperidine rings is 1. The monoisotopic (exact) mass is 473 g/mol. The van der Waals surface area contributed by atoms with Gasteiger partial charge in [0.25, 0.3) is 5.91 Å². The van der Waals surface area contributed by atoms with Crippen molar-refractivity contribution in [3.05, 3.63) is 94.8 Å². The Morgan fingerprint density at radius 1 is 1.00 bits per heavy atom. The van der Waals surface area contributed by atoms with Crippen molar-refractivity contribution in [1.82, 2.24) is 14.9 Å². The van der Waals surface area contributed by atoms with Gasteiger partial charge in [-0.05, 0) is 85.0 Å². The van der Waals surface area contributed by atoms with Crippen molar-refractivity contribution >= 4 is 34.3 Å². The normalized spacial score (nSPS) is 14.3. The van der Waals surface area contributed by atoms with Crippen molar-refractivity contribution in [1.29, 1.82) is 0 Å². The number of rotatable bonds is 6. The molecule has 0 spiro atoms. The zero-order valence-corrected chi connectivity index (χ0v) is 19.3. The Morgan fingerprint density at radius 2 is 1.68 bits per heavy atom. The topological polar surface area (TPSA) is 75.3 Å². The van der Waals surface area contributed by atoms with Gasteiger partial charge < -0.3 is 14.6 Å². The summed E-state index contributed by atoms with van der Waals surface area (Å²) in [6.45, 7) is 1.38. The van der Waals surface area contributed by atoms with Crippen LogP contribution in [0.2, 0.25) is 5.02 Å². The molecule has 0 aliphatic carbocycles. The summed E-state index contributed by atoms with van der Waals surface area (Å²) in [6.07, 6.45) is 5.66. The summed E-state index contributed by atoms with van der Waals surface area (Å²) in [4.78, 5) is 34.7. The molecule has 1 saturated heterocycles. The first kappa shape index (κ1) is 22.2. The number of likely N-dealkylation sites (tertiary alicyclic amines) is 1. The van der Waals surface area contributed by atoms with E-state index >= 15 is 0 Å². The number of H-pyrrole nitrogens is 1. The second kappa shape index (κ2) is 9.69. The summed E-state index contributed by atoms with van der Waals surface area (Å²) in [5, 5.41) is 1.75. The molecule has 5 rings (SSSR count). The van der Waals surface area contributed by atoms with E-state index in [2.05, 4.69) is 16.0 Å². The highest BCUT2D eigenvalue weighted by atomic mass is 35.5. The van der Waals surface area contributed by atoms with Gasteiger partial charge in [0.05, 0.1) is 0 Å². The Morgan fingerprint density at radius 3 is 2.38 bits per heavy atom. The number of hydrogen-bond donors (Lipinski definition) is 1. The Kier molecular flexibility index (Phi) is 6.32. The number of amides is 1. The molecule has 3 heterocycles. The standard InChI is InChI=1S/C27H24ClN3O3/c28-21-7-3-19(4-8-21)26(33)20-5-9-22(10-6-20)34-17-25(32)31-14-11-18(12-15-31)24-16-30-27-23(24)2-1-13-29-27/h1-10,13,16,18H,11-12,14-15,17H2,(H,29,30). The van der Waals surface area contributed by atoms with Gasteiger partial charge in [0.2, 0.25) is 0 Å². The highest BCUT2D eigenvalue weighted by molar-refractivity contribution is 6.30. The fourth-order valence-corrected chi connectivity index (χ4v) is 4.59. The van der Waals surface area contributed by atoms with Crippen LogP contribution < -0.4 is 4.74 Å². The number of halogens is 1. The van der Waals surface area contributed by atoms with E-state index in [9.17, 15) is 9.59 Å². The molecule has 7 heteroatoms. The maximum atomic E-state index is 12.7. The van der Waals surface area contributed by atoms with E-state index in [-0.39, 0.29) is 18.3 Å². The van der Waals surface area contributed by atoms with E-state index in [0.29, 0.717) is 40.9 Å². The van der Waals surface area contributed by atoms with E-state index in [1.54, 1.807) is 54.7 Å². The quantitative estimate of drug-likeness (QED) is 0.389. The molecule has 2 aromatic carbocycles. The lowest BCUT2D eigenvalue weighted by atomic mass is 9.89. The molecule has 0 bridgehead atoms. The molecule has 172 valence electrons. The van der Waals surface area contributed by atoms with Crippen molar-refractivity contribution in [3.8, 4) is 5.75 Å². The molecule has 1 N–H and O–H groups in total. The number of ketones is 1. The molecule has 0 radical (unpaired) electrons. The minimum Gasteiger partial charge on any atom is -0.484 e. The van der Waals surface area contributed by atoms with E-state index in [1.165, 1.54) is 5.56 Å². The lowest BCUT2D eigenvalue weighted by Crippen LogP contribution is -2.40. The maximum absolute atomic E-state index is 12.7. The zero-order valence-electron chi connectivity index (χ0n) is 18.5. The average molecular weight is 474 g/mol. The predicted octanol–water partition coefficient (Wildman–Crippen LogP) is 5.23. The molecule has 1 amide bonds. The summed E-state index contributed by atoms with van der Waals surface area (Å²) in [6, 6.07) is 17.7. The molecule has 0 unspecified atom stereocenters. The van der Waals surface area contributed by atoms with E-state index in [4.69, 9.17) is 16.3 Å². The molecular weight excluding hydrogens is 450 g/mol. The summed E-state index contributed by atoms with van der Waals surface area (Å²) in [7, 11) is 0. The fourth-order valence-electron chi connectivity index (χ4n) is 4.46. The first-order chi connectivity index (χ1) is 16.6. The molecule has 2 aromatic heterocycles. The second-order valence-corrected chi connectivity index (χ2v) is 8.88. The average Bonchev–Trinajstić information content (AvgIpc) is 3.32. The fraction of sp³-hybridized carbons (Fsp3) is 0.222. The van der Waals surface area contributed by atoms with Crippen LogP contribution >= 0.6 is 11.6 Å². The van der Waals surface area contributed by atoms with Crippen LogP contribution in [0.25, 0.3) is 11.0 Å². The van der Waals surface area contributed by atoms with E-state index in [0.717, 1.165) is 23.9 Å². The largest absolute Gasteiger partial charge is 0.484 e. The first-order valence-electron chi connectivity index (χ1n) is 11.3. The van der Waals surface area contributed by atoms with Crippen molar-refractivity contribution in [3.63, 3.8) is 0 Å².